The number of rotatable bonds is 4. The second kappa shape index (κ2) is 4.87. The molecule has 90 valence electrons. The van der Waals surface area contributed by atoms with Gasteiger partial charge in [0.25, 0.3) is 5.56 Å². The predicted molar refractivity (Wildman–Crippen MR) is 64.8 cm³/mol. The van der Waals surface area contributed by atoms with Crippen LogP contribution in [0, 0.1) is 0 Å². The van der Waals surface area contributed by atoms with Gasteiger partial charge in [0.05, 0.1) is 0 Å². The van der Waals surface area contributed by atoms with Crippen molar-refractivity contribution in [2.45, 2.75) is 51.6 Å². The highest BCUT2D eigenvalue weighted by molar-refractivity contribution is 5.04. The van der Waals surface area contributed by atoms with Crippen LogP contribution in [0.3, 0.4) is 0 Å². The van der Waals surface area contributed by atoms with E-state index in [1.807, 2.05) is 0 Å². The molecule has 0 aliphatic carbocycles. The van der Waals surface area contributed by atoms with Gasteiger partial charge in [0, 0.05) is 24.3 Å². The van der Waals surface area contributed by atoms with Crippen molar-refractivity contribution in [1.29, 1.82) is 0 Å². The number of aryl methyl sites for hydroxylation is 1. The molecule has 2 heterocycles. The average molecular weight is 223 g/mol. The van der Waals surface area contributed by atoms with Crippen LogP contribution >= 0.6 is 0 Å². The van der Waals surface area contributed by atoms with E-state index in [2.05, 4.69) is 24.3 Å². The fourth-order valence-corrected chi connectivity index (χ4v) is 2.20. The van der Waals surface area contributed by atoms with Crippen molar-refractivity contribution in [3.63, 3.8) is 0 Å². The molecule has 1 fully saturated rings. The second-order valence-electron chi connectivity index (χ2n) is 4.94. The van der Waals surface area contributed by atoms with E-state index in [1.165, 1.54) is 12.8 Å². The fourth-order valence-electron chi connectivity index (χ4n) is 2.20. The summed E-state index contributed by atoms with van der Waals surface area (Å²) in [6.07, 6.45) is 3.55. The molecule has 1 aliphatic rings. The molecule has 4 heteroatoms. The Morgan fingerprint density at radius 3 is 2.94 bits per heavy atom. The van der Waals surface area contributed by atoms with Gasteiger partial charge in [-0.2, -0.15) is 0 Å². The van der Waals surface area contributed by atoms with E-state index in [0.29, 0.717) is 12.0 Å². The standard InChI is InChI=1S/C12H21N3O/c1-9(2)11-8-12(16)15(14-11)7-5-10-4-3-6-13-10/h8-10,13-14H,3-7H2,1-2H3. The Morgan fingerprint density at radius 2 is 2.38 bits per heavy atom. The lowest BCUT2D eigenvalue weighted by molar-refractivity contribution is 0.470. The summed E-state index contributed by atoms with van der Waals surface area (Å²) in [7, 11) is 0. The van der Waals surface area contributed by atoms with Crippen LogP contribution in [0.4, 0.5) is 0 Å². The molecule has 16 heavy (non-hydrogen) atoms. The van der Waals surface area contributed by atoms with Crippen molar-refractivity contribution < 1.29 is 0 Å². The van der Waals surface area contributed by atoms with Crippen LogP contribution in [-0.4, -0.2) is 22.4 Å². The van der Waals surface area contributed by atoms with Crippen LogP contribution in [0.1, 0.15) is 44.7 Å². The minimum absolute atomic E-state index is 0.0988. The molecule has 1 aliphatic heterocycles. The molecule has 0 bridgehead atoms. The minimum Gasteiger partial charge on any atom is -0.314 e. The zero-order valence-corrected chi connectivity index (χ0v) is 10.1. The lowest BCUT2D eigenvalue weighted by Crippen LogP contribution is -2.25. The Morgan fingerprint density at radius 1 is 1.56 bits per heavy atom. The molecule has 0 amide bonds. The Labute approximate surface area is 96.0 Å². The maximum Gasteiger partial charge on any atom is 0.266 e. The van der Waals surface area contributed by atoms with Crippen LogP contribution in [0.25, 0.3) is 0 Å². The third kappa shape index (κ3) is 2.55. The number of hydrogen-bond acceptors (Lipinski definition) is 2. The van der Waals surface area contributed by atoms with Gasteiger partial charge in [-0.1, -0.05) is 13.8 Å². The number of nitrogens with zero attached hydrogens (tertiary/aromatic N) is 1. The van der Waals surface area contributed by atoms with Crippen LogP contribution < -0.4 is 10.9 Å². The zero-order chi connectivity index (χ0) is 11.5. The Hall–Kier alpha value is -1.03. The molecule has 2 N–H and O–H groups in total. The van der Waals surface area contributed by atoms with E-state index < -0.39 is 0 Å². The molecular weight excluding hydrogens is 202 g/mol. The summed E-state index contributed by atoms with van der Waals surface area (Å²) in [5.74, 6) is 0.388. The van der Waals surface area contributed by atoms with Crippen LogP contribution in [0.15, 0.2) is 10.9 Å². The molecule has 0 radical (unpaired) electrons. The van der Waals surface area contributed by atoms with E-state index in [9.17, 15) is 4.79 Å². The fraction of sp³-hybridized carbons (Fsp3) is 0.750. The highest BCUT2D eigenvalue weighted by Gasteiger charge is 2.14. The predicted octanol–water partition coefficient (Wildman–Crippen LogP) is 1.44. The van der Waals surface area contributed by atoms with Gasteiger partial charge < -0.3 is 5.32 Å². The third-order valence-electron chi connectivity index (χ3n) is 3.29. The highest BCUT2D eigenvalue weighted by atomic mass is 16.1. The van der Waals surface area contributed by atoms with Crippen molar-refractivity contribution in [1.82, 2.24) is 15.1 Å². The van der Waals surface area contributed by atoms with E-state index in [1.54, 1.807) is 10.7 Å². The van der Waals surface area contributed by atoms with Gasteiger partial charge in [-0.15, -0.1) is 0 Å². The van der Waals surface area contributed by atoms with Crippen LogP contribution in [-0.2, 0) is 6.54 Å². The normalized spacial score (nSPS) is 20.8. The molecule has 0 spiro atoms. The van der Waals surface area contributed by atoms with Gasteiger partial charge in [-0.25, -0.2) is 0 Å². The molecule has 1 aromatic heterocycles. The Balaban J connectivity index is 1.95. The lowest BCUT2D eigenvalue weighted by Gasteiger charge is -2.09. The van der Waals surface area contributed by atoms with Gasteiger partial charge in [-0.3, -0.25) is 14.6 Å². The molecule has 0 aromatic carbocycles. The first-order valence-electron chi connectivity index (χ1n) is 6.20. The Kier molecular flexibility index (Phi) is 3.49. The molecule has 4 nitrogen and oxygen atoms in total. The molecule has 0 saturated carbocycles. The van der Waals surface area contributed by atoms with Crippen molar-refractivity contribution in [2.75, 3.05) is 6.54 Å². The molecule has 2 rings (SSSR count). The summed E-state index contributed by atoms with van der Waals surface area (Å²) >= 11 is 0. The maximum atomic E-state index is 11.7. The van der Waals surface area contributed by atoms with Crippen molar-refractivity contribution in [2.24, 2.45) is 0 Å². The topological polar surface area (TPSA) is 49.8 Å². The lowest BCUT2D eigenvalue weighted by atomic mass is 10.1. The SMILES string of the molecule is CC(C)c1cc(=O)n(CCC2CCCN2)[nH]1. The molecule has 1 aromatic rings. The Bertz CT molecular complexity index is 385. The van der Waals surface area contributed by atoms with Gasteiger partial charge in [0.1, 0.15) is 0 Å². The van der Waals surface area contributed by atoms with E-state index in [-0.39, 0.29) is 5.56 Å². The summed E-state index contributed by atoms with van der Waals surface area (Å²) in [4.78, 5) is 11.7. The summed E-state index contributed by atoms with van der Waals surface area (Å²) in [6.45, 7) is 6.10. The van der Waals surface area contributed by atoms with E-state index >= 15 is 0 Å². The number of aromatic nitrogens is 2. The molecular formula is C12H21N3O. The molecule has 1 unspecified atom stereocenters. The molecule has 1 saturated heterocycles. The molecule has 1 atom stereocenters. The van der Waals surface area contributed by atoms with Crippen molar-refractivity contribution in [3.05, 3.63) is 22.1 Å². The van der Waals surface area contributed by atoms with Gasteiger partial charge in [0.15, 0.2) is 0 Å². The quantitative estimate of drug-likeness (QED) is 0.811. The van der Waals surface area contributed by atoms with Gasteiger partial charge in [-0.05, 0) is 31.7 Å². The number of nitrogens with one attached hydrogen (secondary N) is 2. The summed E-state index contributed by atoms with van der Waals surface area (Å²) in [5, 5.41) is 6.63. The van der Waals surface area contributed by atoms with Gasteiger partial charge in [0.2, 0.25) is 0 Å². The largest absolute Gasteiger partial charge is 0.314 e. The maximum absolute atomic E-state index is 11.7. The van der Waals surface area contributed by atoms with E-state index in [0.717, 1.165) is 25.2 Å². The first kappa shape index (κ1) is 11.5. The van der Waals surface area contributed by atoms with Crippen LogP contribution in [0.2, 0.25) is 0 Å². The van der Waals surface area contributed by atoms with Crippen molar-refractivity contribution >= 4 is 0 Å². The van der Waals surface area contributed by atoms with Crippen LogP contribution in [0.5, 0.6) is 0 Å². The first-order valence-corrected chi connectivity index (χ1v) is 6.20. The second-order valence-corrected chi connectivity index (χ2v) is 4.94. The van der Waals surface area contributed by atoms with E-state index in [4.69, 9.17) is 0 Å². The zero-order valence-electron chi connectivity index (χ0n) is 10.1. The van der Waals surface area contributed by atoms with Crippen molar-refractivity contribution in [3.8, 4) is 0 Å². The number of H-pyrrole nitrogens is 1. The third-order valence-corrected chi connectivity index (χ3v) is 3.29. The number of aromatic amines is 1. The summed E-state index contributed by atoms with van der Waals surface area (Å²) < 4.78 is 1.73. The average Bonchev–Trinajstić information content (AvgIpc) is 2.84. The highest BCUT2D eigenvalue weighted by Crippen LogP contribution is 2.11. The first-order chi connectivity index (χ1) is 7.66. The summed E-state index contributed by atoms with van der Waals surface area (Å²) in [6, 6.07) is 2.31. The smallest absolute Gasteiger partial charge is 0.266 e. The monoisotopic (exact) mass is 223 g/mol. The van der Waals surface area contributed by atoms with Gasteiger partial charge >= 0.3 is 0 Å². The summed E-state index contributed by atoms with van der Waals surface area (Å²) in [5.41, 5.74) is 1.13. The number of hydrogen-bond donors (Lipinski definition) is 2. The minimum atomic E-state index is 0.0988.